The molecule has 0 aliphatic heterocycles. The zero-order valence-corrected chi connectivity index (χ0v) is 15.7. The van der Waals surface area contributed by atoms with Crippen LogP contribution < -0.4 is 4.90 Å². The van der Waals surface area contributed by atoms with Gasteiger partial charge in [0.05, 0.1) is 5.75 Å². The van der Waals surface area contributed by atoms with Gasteiger partial charge in [-0.2, -0.15) is 0 Å². The van der Waals surface area contributed by atoms with Crippen LogP contribution in [-0.4, -0.2) is 47.7 Å². The van der Waals surface area contributed by atoms with Gasteiger partial charge in [0.15, 0.2) is 5.16 Å². The highest BCUT2D eigenvalue weighted by Gasteiger charge is 2.11. The third-order valence-electron chi connectivity index (χ3n) is 3.58. The second-order valence-electron chi connectivity index (χ2n) is 6.03. The van der Waals surface area contributed by atoms with Gasteiger partial charge in [-0.1, -0.05) is 23.9 Å². The van der Waals surface area contributed by atoms with E-state index >= 15 is 0 Å². The molecule has 0 radical (unpaired) electrons. The number of aryl methyl sites for hydroxylation is 2. The van der Waals surface area contributed by atoms with Crippen molar-refractivity contribution in [2.45, 2.75) is 25.5 Å². The lowest BCUT2D eigenvalue weighted by atomic mass is 10.2. The average Bonchev–Trinajstić information content (AvgIpc) is 2.52. The van der Waals surface area contributed by atoms with Crippen LogP contribution in [0.1, 0.15) is 17.0 Å². The summed E-state index contributed by atoms with van der Waals surface area (Å²) in [6, 6.07) is 10.2. The highest BCUT2D eigenvalue weighted by molar-refractivity contribution is 7.99. The molecule has 6 heteroatoms. The number of hydrogen-bond acceptors (Lipinski definition) is 5. The van der Waals surface area contributed by atoms with Crippen molar-refractivity contribution in [2.75, 3.05) is 31.8 Å². The molecule has 0 saturated carbocycles. The standard InChI is InChI=1S/C18H24N4OS/c1-13-10-14(2)20-18(19-13)24-12-17(23)22(5)11-15-6-8-16(9-7-15)21(3)4/h6-10H,11-12H2,1-5H3. The van der Waals surface area contributed by atoms with E-state index in [-0.39, 0.29) is 5.91 Å². The van der Waals surface area contributed by atoms with Gasteiger partial charge in [0, 0.05) is 44.8 Å². The number of rotatable bonds is 6. The Hall–Kier alpha value is -2.08. The van der Waals surface area contributed by atoms with E-state index in [1.807, 2.05) is 41.1 Å². The third-order valence-corrected chi connectivity index (χ3v) is 4.42. The second-order valence-corrected chi connectivity index (χ2v) is 6.98. The number of aromatic nitrogens is 2. The monoisotopic (exact) mass is 344 g/mol. The zero-order valence-electron chi connectivity index (χ0n) is 14.9. The number of carbonyl (C=O) groups is 1. The normalized spacial score (nSPS) is 10.5. The largest absolute Gasteiger partial charge is 0.378 e. The highest BCUT2D eigenvalue weighted by Crippen LogP contribution is 2.16. The summed E-state index contributed by atoms with van der Waals surface area (Å²) in [5.74, 6) is 0.411. The van der Waals surface area contributed by atoms with Gasteiger partial charge in [0.2, 0.25) is 5.91 Å². The molecule has 0 atom stereocenters. The molecule has 0 aliphatic carbocycles. The molecular weight excluding hydrogens is 320 g/mol. The Morgan fingerprint density at radius 2 is 1.62 bits per heavy atom. The molecular formula is C18H24N4OS. The van der Waals surface area contributed by atoms with E-state index in [4.69, 9.17) is 0 Å². The number of benzene rings is 1. The van der Waals surface area contributed by atoms with Gasteiger partial charge in [-0.25, -0.2) is 9.97 Å². The lowest BCUT2D eigenvalue weighted by Gasteiger charge is -2.18. The van der Waals surface area contributed by atoms with Crippen LogP contribution in [0.25, 0.3) is 0 Å². The lowest BCUT2D eigenvalue weighted by molar-refractivity contribution is -0.127. The molecule has 1 aromatic carbocycles. The van der Waals surface area contributed by atoms with Crippen LogP contribution in [0.2, 0.25) is 0 Å². The van der Waals surface area contributed by atoms with Crippen molar-refractivity contribution in [2.24, 2.45) is 0 Å². The number of hydrogen-bond donors (Lipinski definition) is 0. The maximum absolute atomic E-state index is 12.3. The first-order chi connectivity index (χ1) is 11.3. The topological polar surface area (TPSA) is 49.3 Å². The van der Waals surface area contributed by atoms with E-state index < -0.39 is 0 Å². The Morgan fingerprint density at radius 1 is 1.04 bits per heavy atom. The molecule has 24 heavy (non-hydrogen) atoms. The summed E-state index contributed by atoms with van der Waals surface area (Å²) >= 11 is 1.38. The summed E-state index contributed by atoms with van der Waals surface area (Å²) in [6.45, 7) is 4.47. The zero-order chi connectivity index (χ0) is 17.7. The molecule has 0 bridgehead atoms. The fourth-order valence-corrected chi connectivity index (χ4v) is 3.15. The molecule has 128 valence electrons. The molecule has 0 fully saturated rings. The smallest absolute Gasteiger partial charge is 0.233 e. The van der Waals surface area contributed by atoms with Crippen LogP contribution in [0.4, 0.5) is 5.69 Å². The lowest BCUT2D eigenvalue weighted by Crippen LogP contribution is -2.27. The molecule has 0 aliphatic rings. The van der Waals surface area contributed by atoms with Crippen LogP contribution >= 0.6 is 11.8 Å². The first kappa shape index (κ1) is 18.3. The summed E-state index contributed by atoms with van der Waals surface area (Å²) in [5.41, 5.74) is 4.11. The summed E-state index contributed by atoms with van der Waals surface area (Å²) in [6.07, 6.45) is 0. The van der Waals surface area contributed by atoms with Gasteiger partial charge in [-0.3, -0.25) is 4.79 Å². The van der Waals surface area contributed by atoms with E-state index in [1.165, 1.54) is 11.8 Å². The van der Waals surface area contributed by atoms with Gasteiger partial charge in [0.1, 0.15) is 0 Å². The van der Waals surface area contributed by atoms with Crippen LogP contribution in [0.3, 0.4) is 0 Å². The number of carbonyl (C=O) groups excluding carboxylic acids is 1. The Morgan fingerprint density at radius 3 is 2.17 bits per heavy atom. The fourth-order valence-electron chi connectivity index (χ4n) is 2.26. The van der Waals surface area contributed by atoms with Gasteiger partial charge in [-0.15, -0.1) is 0 Å². The van der Waals surface area contributed by atoms with Crippen LogP contribution in [-0.2, 0) is 11.3 Å². The van der Waals surface area contributed by atoms with Crippen LogP contribution in [0.15, 0.2) is 35.5 Å². The van der Waals surface area contributed by atoms with E-state index in [2.05, 4.69) is 39.1 Å². The Labute approximate surface area is 148 Å². The average molecular weight is 344 g/mol. The first-order valence-electron chi connectivity index (χ1n) is 7.80. The Bertz CT molecular complexity index is 680. The summed E-state index contributed by atoms with van der Waals surface area (Å²) in [7, 11) is 5.85. The summed E-state index contributed by atoms with van der Waals surface area (Å²) in [4.78, 5) is 24.8. The molecule has 2 rings (SSSR count). The summed E-state index contributed by atoms with van der Waals surface area (Å²) in [5, 5.41) is 0.657. The van der Waals surface area contributed by atoms with Crippen molar-refractivity contribution in [3.63, 3.8) is 0 Å². The maximum atomic E-state index is 12.3. The predicted molar refractivity (Wildman–Crippen MR) is 99.5 cm³/mol. The molecule has 1 amide bonds. The van der Waals surface area contributed by atoms with E-state index in [9.17, 15) is 4.79 Å². The van der Waals surface area contributed by atoms with Gasteiger partial charge in [-0.05, 0) is 37.6 Å². The predicted octanol–water partition coefficient (Wildman–Crippen LogP) is 2.91. The second kappa shape index (κ2) is 8.15. The number of amides is 1. The summed E-state index contributed by atoms with van der Waals surface area (Å²) < 4.78 is 0. The van der Waals surface area contributed by atoms with Crippen molar-refractivity contribution in [3.8, 4) is 0 Å². The molecule has 0 spiro atoms. The van der Waals surface area contributed by atoms with Gasteiger partial charge in [0.25, 0.3) is 0 Å². The van der Waals surface area contributed by atoms with Crippen molar-refractivity contribution in [3.05, 3.63) is 47.3 Å². The fraction of sp³-hybridized carbons (Fsp3) is 0.389. The quantitative estimate of drug-likeness (QED) is 0.596. The Kier molecular flexibility index (Phi) is 6.20. The van der Waals surface area contributed by atoms with Gasteiger partial charge < -0.3 is 9.80 Å². The molecule has 1 heterocycles. The van der Waals surface area contributed by atoms with E-state index in [0.29, 0.717) is 17.5 Å². The molecule has 1 aromatic heterocycles. The molecule has 0 saturated heterocycles. The molecule has 0 N–H and O–H groups in total. The van der Waals surface area contributed by atoms with Crippen molar-refractivity contribution in [1.29, 1.82) is 0 Å². The van der Waals surface area contributed by atoms with E-state index in [0.717, 1.165) is 22.6 Å². The highest BCUT2D eigenvalue weighted by atomic mass is 32.2. The van der Waals surface area contributed by atoms with Crippen molar-refractivity contribution < 1.29 is 4.79 Å². The molecule has 2 aromatic rings. The number of nitrogens with zero attached hydrogens (tertiary/aromatic N) is 4. The minimum atomic E-state index is 0.0689. The minimum Gasteiger partial charge on any atom is -0.378 e. The van der Waals surface area contributed by atoms with Gasteiger partial charge >= 0.3 is 0 Å². The number of thioether (sulfide) groups is 1. The SMILES string of the molecule is Cc1cc(C)nc(SCC(=O)N(C)Cc2ccc(N(C)C)cc2)n1. The molecule has 5 nitrogen and oxygen atoms in total. The van der Waals surface area contributed by atoms with Crippen LogP contribution in [0, 0.1) is 13.8 Å². The first-order valence-corrected chi connectivity index (χ1v) is 8.79. The third kappa shape index (κ3) is 5.23. The van der Waals surface area contributed by atoms with Crippen molar-refractivity contribution >= 4 is 23.4 Å². The van der Waals surface area contributed by atoms with E-state index in [1.54, 1.807) is 4.90 Å². The van der Waals surface area contributed by atoms with Crippen LogP contribution in [0.5, 0.6) is 0 Å². The maximum Gasteiger partial charge on any atom is 0.233 e. The van der Waals surface area contributed by atoms with Crippen molar-refractivity contribution in [1.82, 2.24) is 14.9 Å². The number of anilines is 1. The molecule has 0 unspecified atom stereocenters. The Balaban J connectivity index is 1.89. The minimum absolute atomic E-state index is 0.0689.